The highest BCUT2D eigenvalue weighted by Gasteiger charge is 2.51. The normalized spacial score (nSPS) is 13.8. The Morgan fingerprint density at radius 2 is 0.933 bits per heavy atom. The molecular formula is C28H35NSi. The molecule has 1 heterocycles. The Balaban J connectivity index is 2.18. The summed E-state index contributed by atoms with van der Waals surface area (Å²) < 4.78 is 2.71. The molecule has 156 valence electrons. The van der Waals surface area contributed by atoms with Crippen molar-refractivity contribution in [3.8, 4) is 0 Å². The van der Waals surface area contributed by atoms with Gasteiger partial charge in [0, 0.05) is 21.8 Å². The number of hydrogen-bond acceptors (Lipinski definition) is 0. The molecule has 1 nitrogen and oxygen atoms in total. The molecule has 4 rings (SSSR count). The Bertz CT molecular complexity index is 1060. The molecule has 30 heavy (non-hydrogen) atoms. The maximum Gasteiger partial charge on any atom is 0.0933 e. The first-order chi connectivity index (χ1) is 14.4. The van der Waals surface area contributed by atoms with Crippen molar-refractivity contribution in [3.63, 3.8) is 0 Å². The summed E-state index contributed by atoms with van der Waals surface area (Å²) in [5.41, 5.74) is 6.60. The van der Waals surface area contributed by atoms with Crippen LogP contribution in [0.1, 0.15) is 52.8 Å². The van der Waals surface area contributed by atoms with Gasteiger partial charge in [0.2, 0.25) is 0 Å². The van der Waals surface area contributed by atoms with Crippen LogP contribution in [0.3, 0.4) is 0 Å². The number of hydrogen-bond donors (Lipinski definition) is 0. The molecule has 1 atom stereocenters. The molecule has 0 bridgehead atoms. The van der Waals surface area contributed by atoms with Gasteiger partial charge in [0.25, 0.3) is 0 Å². The van der Waals surface area contributed by atoms with E-state index in [4.69, 9.17) is 0 Å². The lowest BCUT2D eigenvalue weighted by atomic mass is 10.2. The predicted octanol–water partition coefficient (Wildman–Crippen LogP) is 8.60. The van der Waals surface area contributed by atoms with Crippen molar-refractivity contribution in [2.24, 2.45) is 0 Å². The van der Waals surface area contributed by atoms with Crippen LogP contribution in [0.2, 0.25) is 16.6 Å². The minimum Gasteiger partial charge on any atom is -0.336 e. The molecule has 0 spiro atoms. The lowest BCUT2D eigenvalue weighted by Gasteiger charge is -2.50. The average molecular weight is 414 g/mol. The predicted molar refractivity (Wildman–Crippen MR) is 135 cm³/mol. The van der Waals surface area contributed by atoms with E-state index in [0.717, 1.165) is 0 Å². The average Bonchev–Trinajstić information content (AvgIpc) is 3.06. The first-order valence-electron chi connectivity index (χ1n) is 11.4. The molecule has 0 saturated carbocycles. The SMILES string of the molecule is CC(C)[Si](C(C)C)(C(C)C)C(c1ccccc1)n1c2ccccc2c2ccccc21. The van der Waals surface area contributed by atoms with Gasteiger partial charge in [-0.05, 0) is 34.3 Å². The number of benzene rings is 3. The van der Waals surface area contributed by atoms with Gasteiger partial charge in [-0.25, -0.2) is 0 Å². The van der Waals surface area contributed by atoms with Crippen molar-refractivity contribution in [1.82, 2.24) is 4.57 Å². The summed E-state index contributed by atoms with van der Waals surface area (Å²) in [5, 5.41) is 2.74. The zero-order chi connectivity index (χ0) is 21.5. The standard InChI is InChI=1S/C28H35NSi/c1-20(2)30(21(3)4,22(5)6)28(23-14-8-7-9-15-23)29-26-18-12-10-16-24(26)25-17-11-13-19-27(25)29/h7-22,28H,1-6H3. The first-order valence-corrected chi connectivity index (χ1v) is 13.7. The van der Waals surface area contributed by atoms with Crippen LogP contribution in [-0.2, 0) is 0 Å². The van der Waals surface area contributed by atoms with Crippen LogP contribution in [0.5, 0.6) is 0 Å². The molecule has 0 aliphatic heterocycles. The van der Waals surface area contributed by atoms with Gasteiger partial charge in [-0.2, -0.15) is 0 Å². The molecule has 0 radical (unpaired) electrons. The number of rotatable bonds is 6. The smallest absolute Gasteiger partial charge is 0.0933 e. The fourth-order valence-corrected chi connectivity index (χ4v) is 13.9. The third kappa shape index (κ3) is 3.04. The van der Waals surface area contributed by atoms with Crippen LogP contribution in [0.15, 0.2) is 78.9 Å². The second-order valence-electron chi connectivity index (χ2n) is 9.68. The van der Waals surface area contributed by atoms with Gasteiger partial charge >= 0.3 is 0 Å². The highest BCUT2D eigenvalue weighted by Crippen LogP contribution is 2.52. The van der Waals surface area contributed by atoms with Crippen molar-refractivity contribution in [1.29, 1.82) is 0 Å². The van der Waals surface area contributed by atoms with Crippen molar-refractivity contribution in [2.45, 2.75) is 63.8 Å². The number of nitrogens with zero attached hydrogens (tertiary/aromatic N) is 1. The van der Waals surface area contributed by atoms with Crippen LogP contribution in [0.25, 0.3) is 21.8 Å². The molecule has 1 unspecified atom stereocenters. The van der Waals surface area contributed by atoms with E-state index in [9.17, 15) is 0 Å². The zero-order valence-corrected chi connectivity index (χ0v) is 20.3. The molecule has 2 heteroatoms. The summed E-state index contributed by atoms with van der Waals surface area (Å²) in [7, 11) is -1.87. The van der Waals surface area contributed by atoms with Crippen molar-refractivity contribution in [3.05, 3.63) is 84.4 Å². The maximum absolute atomic E-state index is 2.71. The van der Waals surface area contributed by atoms with Gasteiger partial charge in [-0.1, -0.05) is 108 Å². The van der Waals surface area contributed by atoms with E-state index in [1.165, 1.54) is 27.4 Å². The summed E-state index contributed by atoms with van der Waals surface area (Å²) in [4.78, 5) is 0. The van der Waals surface area contributed by atoms with Crippen molar-refractivity contribution >= 4 is 29.9 Å². The van der Waals surface area contributed by atoms with Gasteiger partial charge in [-0.15, -0.1) is 0 Å². The van der Waals surface area contributed by atoms with Crippen LogP contribution in [0, 0.1) is 0 Å². The molecule has 0 aliphatic carbocycles. The zero-order valence-electron chi connectivity index (χ0n) is 19.3. The monoisotopic (exact) mass is 413 g/mol. The molecule has 0 fully saturated rings. The van der Waals surface area contributed by atoms with Crippen LogP contribution in [-0.4, -0.2) is 12.6 Å². The van der Waals surface area contributed by atoms with E-state index in [1.54, 1.807) is 0 Å². The Morgan fingerprint density at radius 3 is 1.37 bits per heavy atom. The Labute approximate surface area is 182 Å². The topological polar surface area (TPSA) is 4.93 Å². The Hall–Kier alpha value is -2.32. The van der Waals surface area contributed by atoms with E-state index in [1.807, 2.05) is 0 Å². The minimum absolute atomic E-state index is 0.392. The van der Waals surface area contributed by atoms with E-state index in [-0.39, 0.29) is 0 Å². The number of fused-ring (bicyclic) bond motifs is 3. The van der Waals surface area contributed by atoms with E-state index >= 15 is 0 Å². The summed E-state index contributed by atoms with van der Waals surface area (Å²) in [6.07, 6.45) is 0. The molecule has 3 aromatic carbocycles. The molecule has 0 saturated heterocycles. The fourth-order valence-electron chi connectivity index (χ4n) is 6.47. The van der Waals surface area contributed by atoms with Gasteiger partial charge in [-0.3, -0.25) is 0 Å². The summed E-state index contributed by atoms with van der Waals surface area (Å²) in [6, 6.07) is 29.3. The lowest BCUT2D eigenvalue weighted by Crippen LogP contribution is -2.53. The highest BCUT2D eigenvalue weighted by atomic mass is 28.3. The third-order valence-electron chi connectivity index (χ3n) is 7.46. The molecule has 0 aliphatic rings. The number of aromatic nitrogens is 1. The van der Waals surface area contributed by atoms with Crippen LogP contribution >= 0.6 is 0 Å². The minimum atomic E-state index is -1.87. The quantitative estimate of drug-likeness (QED) is 0.279. The third-order valence-corrected chi connectivity index (χ3v) is 15.0. The second kappa shape index (κ2) is 8.07. The summed E-state index contributed by atoms with van der Waals surface area (Å²) in [6.45, 7) is 14.9. The maximum atomic E-state index is 2.71. The molecular weight excluding hydrogens is 378 g/mol. The van der Waals surface area contributed by atoms with Gasteiger partial charge < -0.3 is 4.57 Å². The molecule has 0 amide bonds. The Morgan fingerprint density at radius 1 is 0.533 bits per heavy atom. The van der Waals surface area contributed by atoms with Gasteiger partial charge in [0.15, 0.2) is 0 Å². The van der Waals surface area contributed by atoms with Crippen LogP contribution < -0.4 is 0 Å². The summed E-state index contributed by atoms with van der Waals surface area (Å²) >= 11 is 0. The highest BCUT2D eigenvalue weighted by molar-refractivity contribution is 6.84. The van der Waals surface area contributed by atoms with E-state index < -0.39 is 8.07 Å². The van der Waals surface area contributed by atoms with Crippen molar-refractivity contribution in [2.75, 3.05) is 0 Å². The summed E-state index contributed by atoms with van der Waals surface area (Å²) in [5.74, 6) is 0. The van der Waals surface area contributed by atoms with Crippen LogP contribution in [0.4, 0.5) is 0 Å². The number of para-hydroxylation sites is 2. The fraction of sp³-hybridized carbons (Fsp3) is 0.357. The van der Waals surface area contributed by atoms with E-state index in [2.05, 4.69) is 125 Å². The lowest BCUT2D eigenvalue weighted by molar-refractivity contribution is 0.682. The second-order valence-corrected chi connectivity index (χ2v) is 15.7. The molecule has 0 N–H and O–H groups in total. The Kier molecular flexibility index (Phi) is 5.63. The first kappa shape index (κ1) is 20.9. The van der Waals surface area contributed by atoms with E-state index in [0.29, 0.717) is 22.3 Å². The molecule has 4 aromatic rings. The van der Waals surface area contributed by atoms with Gasteiger partial charge in [0.1, 0.15) is 0 Å². The largest absolute Gasteiger partial charge is 0.336 e. The molecule has 1 aromatic heterocycles. The van der Waals surface area contributed by atoms with Crippen molar-refractivity contribution < 1.29 is 0 Å². The van der Waals surface area contributed by atoms with Gasteiger partial charge in [0.05, 0.1) is 13.7 Å².